The Hall–Kier alpha value is -0.330. The number of hydrogen-bond donors (Lipinski definition) is 2. The van der Waals surface area contributed by atoms with Gasteiger partial charge in [-0.15, -0.1) is 13.2 Å². The van der Waals surface area contributed by atoms with Crippen molar-refractivity contribution in [3.63, 3.8) is 0 Å². The molecule has 0 aliphatic carbocycles. The average molecular weight is 215 g/mol. The Bertz CT molecular complexity index is 150. The van der Waals surface area contributed by atoms with Gasteiger partial charge in [-0.05, 0) is 20.3 Å². The van der Waals surface area contributed by atoms with E-state index in [1.165, 1.54) is 0 Å². The Labute approximate surface area is 81.2 Å². The second-order valence-electron chi connectivity index (χ2n) is 3.23. The van der Waals surface area contributed by atoms with Gasteiger partial charge in [-0.2, -0.15) is 0 Å². The van der Waals surface area contributed by atoms with Gasteiger partial charge in [0, 0.05) is 12.6 Å². The zero-order chi connectivity index (χ0) is 11.2. The van der Waals surface area contributed by atoms with Crippen LogP contribution in [0, 0.1) is 0 Å². The molecule has 0 aliphatic heterocycles. The average Bonchev–Trinajstić information content (AvgIpc) is 1.95. The van der Waals surface area contributed by atoms with E-state index in [2.05, 4.69) is 10.1 Å². The van der Waals surface area contributed by atoms with E-state index < -0.39 is 19.1 Å². The van der Waals surface area contributed by atoms with Gasteiger partial charge in [-0.25, -0.2) is 0 Å². The predicted molar refractivity (Wildman–Crippen MR) is 45.8 cm³/mol. The third kappa shape index (κ3) is 9.76. The van der Waals surface area contributed by atoms with Gasteiger partial charge < -0.3 is 10.4 Å². The first-order valence-electron chi connectivity index (χ1n) is 4.43. The van der Waals surface area contributed by atoms with Crippen LogP contribution in [0.1, 0.15) is 20.3 Å². The van der Waals surface area contributed by atoms with Crippen LogP contribution in [0.15, 0.2) is 0 Å². The smallest absolute Gasteiger partial charge is 0.393 e. The number of hydrogen-bond acceptors (Lipinski definition) is 3. The summed E-state index contributed by atoms with van der Waals surface area (Å²) in [4.78, 5) is 0. The normalized spacial score (nSPS) is 16.7. The van der Waals surface area contributed by atoms with Gasteiger partial charge in [-0.3, -0.25) is 4.74 Å². The van der Waals surface area contributed by atoms with Crippen molar-refractivity contribution in [3.8, 4) is 0 Å². The first kappa shape index (κ1) is 13.7. The van der Waals surface area contributed by atoms with Gasteiger partial charge >= 0.3 is 6.36 Å². The van der Waals surface area contributed by atoms with Gasteiger partial charge in [-0.1, -0.05) is 0 Å². The summed E-state index contributed by atoms with van der Waals surface area (Å²) >= 11 is 0. The number of alkyl halides is 3. The number of halogens is 3. The molecule has 0 amide bonds. The molecule has 0 saturated heterocycles. The number of nitrogens with one attached hydrogen (secondary N) is 1. The first-order chi connectivity index (χ1) is 6.31. The van der Waals surface area contributed by atoms with Crippen molar-refractivity contribution in [2.24, 2.45) is 0 Å². The second-order valence-corrected chi connectivity index (χ2v) is 3.23. The van der Waals surface area contributed by atoms with Crippen LogP contribution >= 0.6 is 0 Å². The predicted octanol–water partition coefficient (Wildman–Crippen LogP) is 1.27. The van der Waals surface area contributed by atoms with Gasteiger partial charge in [0.25, 0.3) is 0 Å². The molecule has 3 nitrogen and oxygen atoms in total. The molecular formula is C8H16F3NO2. The highest BCUT2D eigenvalue weighted by Crippen LogP contribution is 2.15. The number of aliphatic hydroxyl groups excluding tert-OH is 1. The zero-order valence-electron chi connectivity index (χ0n) is 8.27. The second kappa shape index (κ2) is 6.21. The minimum atomic E-state index is -4.56. The molecule has 0 rings (SSSR count). The molecule has 0 fully saturated rings. The number of rotatable bonds is 6. The minimum absolute atomic E-state index is 0.0215. The summed E-state index contributed by atoms with van der Waals surface area (Å²) in [5.74, 6) is 0. The molecule has 86 valence electrons. The third-order valence-corrected chi connectivity index (χ3v) is 1.56. The molecule has 0 heterocycles. The fourth-order valence-corrected chi connectivity index (χ4v) is 1.07. The quantitative estimate of drug-likeness (QED) is 0.656. The van der Waals surface area contributed by atoms with Crippen molar-refractivity contribution in [2.75, 3.05) is 13.2 Å². The highest BCUT2D eigenvalue weighted by molar-refractivity contribution is 4.63. The Morgan fingerprint density at radius 1 is 1.36 bits per heavy atom. The molecule has 14 heavy (non-hydrogen) atoms. The molecule has 0 saturated carbocycles. The Balaban J connectivity index is 3.36. The van der Waals surface area contributed by atoms with Crippen molar-refractivity contribution < 1.29 is 23.0 Å². The summed E-state index contributed by atoms with van der Waals surface area (Å²) in [6, 6.07) is -0.0215. The molecule has 0 bridgehead atoms. The van der Waals surface area contributed by atoms with Crippen LogP contribution in [-0.4, -0.2) is 36.8 Å². The van der Waals surface area contributed by atoms with E-state index in [-0.39, 0.29) is 12.6 Å². The van der Waals surface area contributed by atoms with E-state index in [4.69, 9.17) is 5.11 Å². The van der Waals surface area contributed by atoms with Crippen LogP contribution in [0.25, 0.3) is 0 Å². The number of ether oxygens (including phenoxy) is 1. The van der Waals surface area contributed by atoms with Crippen molar-refractivity contribution in [1.82, 2.24) is 5.32 Å². The summed E-state index contributed by atoms with van der Waals surface area (Å²) in [5, 5.41) is 11.8. The lowest BCUT2D eigenvalue weighted by Gasteiger charge is -2.15. The summed E-state index contributed by atoms with van der Waals surface area (Å²) in [6.45, 7) is 3.13. The minimum Gasteiger partial charge on any atom is -0.393 e. The molecule has 6 heteroatoms. The third-order valence-electron chi connectivity index (χ3n) is 1.56. The van der Waals surface area contributed by atoms with Crippen molar-refractivity contribution in [3.05, 3.63) is 0 Å². The van der Waals surface area contributed by atoms with E-state index in [0.29, 0.717) is 6.42 Å². The maximum absolute atomic E-state index is 11.5. The molecule has 0 aromatic carbocycles. The largest absolute Gasteiger partial charge is 0.522 e. The molecule has 0 aromatic heterocycles. The fraction of sp³-hybridized carbons (Fsp3) is 1.00. The lowest BCUT2D eigenvalue weighted by Crippen LogP contribution is -2.33. The van der Waals surface area contributed by atoms with Crippen LogP contribution < -0.4 is 5.32 Å². The topological polar surface area (TPSA) is 41.5 Å². The van der Waals surface area contributed by atoms with Gasteiger partial charge in [0.15, 0.2) is 0 Å². The summed E-state index contributed by atoms with van der Waals surface area (Å²) in [5.41, 5.74) is 0. The van der Waals surface area contributed by atoms with Crippen LogP contribution in [0.3, 0.4) is 0 Å². The Morgan fingerprint density at radius 3 is 2.36 bits per heavy atom. The molecule has 0 aliphatic rings. The standard InChI is InChI=1S/C8H16F3NO2/c1-6(5-7(2)13)12-3-4-14-8(9,10)11/h6-7,12-13H,3-5H2,1-2H3. The fourth-order valence-electron chi connectivity index (χ4n) is 1.07. The maximum Gasteiger partial charge on any atom is 0.522 e. The van der Waals surface area contributed by atoms with E-state index in [0.717, 1.165) is 0 Å². The van der Waals surface area contributed by atoms with Gasteiger partial charge in [0.05, 0.1) is 12.7 Å². The Kier molecular flexibility index (Phi) is 6.06. The van der Waals surface area contributed by atoms with E-state index >= 15 is 0 Å². The van der Waals surface area contributed by atoms with Crippen molar-refractivity contribution in [2.45, 2.75) is 38.8 Å². The lowest BCUT2D eigenvalue weighted by molar-refractivity contribution is -0.323. The summed E-state index contributed by atoms with van der Waals surface area (Å²) in [7, 11) is 0. The van der Waals surface area contributed by atoms with Crippen LogP contribution in [0.5, 0.6) is 0 Å². The maximum atomic E-state index is 11.5. The van der Waals surface area contributed by atoms with E-state index in [1.54, 1.807) is 13.8 Å². The van der Waals surface area contributed by atoms with E-state index in [9.17, 15) is 13.2 Å². The van der Waals surface area contributed by atoms with Crippen LogP contribution in [-0.2, 0) is 4.74 Å². The van der Waals surface area contributed by atoms with Gasteiger partial charge in [0.1, 0.15) is 0 Å². The van der Waals surface area contributed by atoms with Gasteiger partial charge in [0.2, 0.25) is 0 Å². The lowest BCUT2D eigenvalue weighted by atomic mass is 10.1. The monoisotopic (exact) mass is 215 g/mol. The molecule has 2 atom stereocenters. The molecule has 2 unspecified atom stereocenters. The highest BCUT2D eigenvalue weighted by atomic mass is 19.4. The SMILES string of the molecule is CC(O)CC(C)NCCOC(F)(F)F. The highest BCUT2D eigenvalue weighted by Gasteiger charge is 2.28. The molecule has 2 N–H and O–H groups in total. The van der Waals surface area contributed by atoms with Crippen LogP contribution in [0.2, 0.25) is 0 Å². The molecular weight excluding hydrogens is 199 g/mol. The van der Waals surface area contributed by atoms with Crippen molar-refractivity contribution in [1.29, 1.82) is 0 Å². The zero-order valence-corrected chi connectivity index (χ0v) is 8.27. The Morgan fingerprint density at radius 2 is 1.93 bits per heavy atom. The summed E-state index contributed by atoms with van der Waals surface area (Å²) in [6.07, 6.45) is -4.51. The van der Waals surface area contributed by atoms with Crippen LogP contribution in [0.4, 0.5) is 13.2 Å². The number of aliphatic hydroxyl groups is 1. The molecule has 0 spiro atoms. The summed E-state index contributed by atoms with van der Waals surface area (Å²) < 4.78 is 38.1. The molecule has 0 radical (unpaired) electrons. The first-order valence-corrected chi connectivity index (χ1v) is 4.43. The van der Waals surface area contributed by atoms with E-state index in [1.807, 2.05) is 0 Å². The molecule has 0 aromatic rings. The van der Waals surface area contributed by atoms with Crippen molar-refractivity contribution >= 4 is 0 Å².